The van der Waals surface area contributed by atoms with Gasteiger partial charge in [-0.2, -0.15) is 13.2 Å². The van der Waals surface area contributed by atoms with Gasteiger partial charge >= 0.3 is 6.18 Å². The van der Waals surface area contributed by atoms with Crippen LogP contribution in [0.2, 0.25) is 0 Å². The Labute approximate surface area is 155 Å². The van der Waals surface area contributed by atoms with Crippen molar-refractivity contribution < 1.29 is 40.4 Å². The summed E-state index contributed by atoms with van der Waals surface area (Å²) in [6, 6.07) is 4.99. The van der Waals surface area contributed by atoms with Crippen LogP contribution < -0.4 is 14.2 Å². The maximum atomic E-state index is 13.5. The van der Waals surface area contributed by atoms with E-state index in [1.807, 2.05) is 4.72 Å². The number of nitrogens with one attached hydrogen (secondary N) is 1. The number of nitrogens with zero attached hydrogens (tertiary/aromatic N) is 1. The molecule has 0 amide bonds. The molecule has 0 spiro atoms. The lowest BCUT2D eigenvalue weighted by molar-refractivity contribution is -0.387. The van der Waals surface area contributed by atoms with E-state index < -0.39 is 55.6 Å². The molecule has 2 aromatic rings. The molecule has 0 unspecified atom stereocenters. The van der Waals surface area contributed by atoms with Gasteiger partial charge in [0, 0.05) is 6.07 Å². The monoisotopic (exact) mass is 424 g/mol. The summed E-state index contributed by atoms with van der Waals surface area (Å²) in [5, 5.41) is 11.2. The highest BCUT2D eigenvalue weighted by Gasteiger charge is 2.30. The van der Waals surface area contributed by atoms with Crippen molar-refractivity contribution in [1.82, 2.24) is 0 Å². The Morgan fingerprint density at radius 3 is 2.43 bits per heavy atom. The van der Waals surface area contributed by atoms with Gasteiger partial charge in [0.2, 0.25) is 0 Å². The fourth-order valence-electron chi connectivity index (χ4n) is 2.06. The van der Waals surface area contributed by atoms with Crippen molar-refractivity contribution in [2.75, 3.05) is 18.4 Å². The molecule has 0 heterocycles. The molecule has 8 nitrogen and oxygen atoms in total. The second-order valence-electron chi connectivity index (χ2n) is 5.24. The Hall–Kier alpha value is -3.09. The summed E-state index contributed by atoms with van der Waals surface area (Å²) in [7, 11) is -3.47. The molecule has 2 aromatic carbocycles. The Morgan fingerprint density at radius 1 is 1.18 bits per heavy atom. The molecule has 0 saturated heterocycles. The maximum absolute atomic E-state index is 13.5. The summed E-state index contributed by atoms with van der Waals surface area (Å²) in [6.45, 7) is -1.75. The minimum atomic E-state index is -4.72. The number of alkyl halides is 3. The number of anilines is 1. The summed E-state index contributed by atoms with van der Waals surface area (Å²) >= 11 is 0. The van der Waals surface area contributed by atoms with Crippen LogP contribution in [0.1, 0.15) is 0 Å². The van der Waals surface area contributed by atoms with E-state index in [0.29, 0.717) is 6.07 Å². The highest BCUT2D eigenvalue weighted by molar-refractivity contribution is 7.92. The summed E-state index contributed by atoms with van der Waals surface area (Å²) in [4.78, 5) is 9.39. The molecule has 13 heteroatoms. The van der Waals surface area contributed by atoms with Crippen LogP contribution in [0.4, 0.5) is 28.9 Å². The molecule has 28 heavy (non-hydrogen) atoms. The van der Waals surface area contributed by atoms with Crippen LogP contribution in [0.25, 0.3) is 0 Å². The van der Waals surface area contributed by atoms with Crippen molar-refractivity contribution in [2.45, 2.75) is 11.1 Å². The van der Waals surface area contributed by atoms with Crippen LogP contribution in [0.3, 0.4) is 0 Å². The number of rotatable bonds is 7. The third-order valence-electron chi connectivity index (χ3n) is 3.23. The lowest BCUT2D eigenvalue weighted by Crippen LogP contribution is -2.21. The number of nitro groups is 1. The molecular formula is C15H12F4N2O6S. The zero-order valence-corrected chi connectivity index (χ0v) is 14.8. The van der Waals surface area contributed by atoms with Crippen molar-refractivity contribution in [3.8, 4) is 11.5 Å². The fraction of sp³-hybridized carbons (Fsp3) is 0.200. The number of ether oxygens (including phenoxy) is 2. The van der Waals surface area contributed by atoms with E-state index in [2.05, 4.69) is 4.74 Å². The van der Waals surface area contributed by atoms with E-state index in [0.717, 1.165) is 30.3 Å². The van der Waals surface area contributed by atoms with Gasteiger partial charge < -0.3 is 9.47 Å². The first-order chi connectivity index (χ1) is 12.9. The standard InChI is InChI=1S/C15H12F4N2O6S/c1-26-10-3-5-14(12(7-10)21(22)23)28(24,25)20-11-6-9(16)2-4-13(11)27-8-15(17,18)19/h2-7,20H,8H2,1H3. The fourth-order valence-corrected chi connectivity index (χ4v) is 3.28. The molecule has 152 valence electrons. The van der Waals surface area contributed by atoms with E-state index in [1.165, 1.54) is 7.11 Å². The topological polar surface area (TPSA) is 108 Å². The van der Waals surface area contributed by atoms with Gasteiger partial charge in [0.15, 0.2) is 11.5 Å². The number of nitro benzene ring substituents is 1. The van der Waals surface area contributed by atoms with E-state index in [1.54, 1.807) is 0 Å². The van der Waals surface area contributed by atoms with Crippen molar-refractivity contribution in [2.24, 2.45) is 0 Å². The van der Waals surface area contributed by atoms with Gasteiger partial charge in [-0.25, -0.2) is 12.8 Å². The van der Waals surface area contributed by atoms with Gasteiger partial charge in [0.25, 0.3) is 15.7 Å². The van der Waals surface area contributed by atoms with E-state index in [4.69, 9.17) is 4.74 Å². The molecule has 0 aromatic heterocycles. The van der Waals surface area contributed by atoms with Gasteiger partial charge in [-0.15, -0.1) is 0 Å². The van der Waals surface area contributed by atoms with Gasteiger partial charge in [-0.3, -0.25) is 14.8 Å². The predicted octanol–water partition coefficient (Wildman–Crippen LogP) is 3.48. The maximum Gasteiger partial charge on any atom is 0.422 e. The third-order valence-corrected chi connectivity index (χ3v) is 4.64. The molecule has 0 radical (unpaired) electrons. The largest absolute Gasteiger partial charge is 0.497 e. The smallest absolute Gasteiger partial charge is 0.422 e. The van der Waals surface area contributed by atoms with Crippen LogP contribution in [-0.2, 0) is 10.0 Å². The number of halogens is 4. The Morgan fingerprint density at radius 2 is 1.86 bits per heavy atom. The molecule has 0 fully saturated rings. The zero-order chi connectivity index (χ0) is 21.1. The molecular weight excluding hydrogens is 412 g/mol. The number of sulfonamides is 1. The van der Waals surface area contributed by atoms with Gasteiger partial charge in [0.05, 0.1) is 23.8 Å². The van der Waals surface area contributed by atoms with E-state index in [-0.39, 0.29) is 5.75 Å². The summed E-state index contributed by atoms with van der Waals surface area (Å²) in [6.07, 6.45) is -4.72. The van der Waals surface area contributed by atoms with Crippen LogP contribution in [0.5, 0.6) is 11.5 Å². The van der Waals surface area contributed by atoms with Gasteiger partial charge in [0.1, 0.15) is 17.3 Å². The minimum absolute atomic E-state index is 0.00519. The number of hydrogen-bond donors (Lipinski definition) is 1. The molecule has 0 aliphatic rings. The second-order valence-corrected chi connectivity index (χ2v) is 6.89. The van der Waals surface area contributed by atoms with Crippen LogP contribution >= 0.6 is 0 Å². The highest BCUT2D eigenvalue weighted by Crippen LogP contribution is 2.33. The van der Waals surface area contributed by atoms with Crippen molar-refractivity contribution in [1.29, 1.82) is 0 Å². The summed E-state index contributed by atoms with van der Waals surface area (Å²) < 4.78 is 86.6. The van der Waals surface area contributed by atoms with Crippen LogP contribution in [0.15, 0.2) is 41.3 Å². The van der Waals surface area contributed by atoms with Crippen LogP contribution in [-0.4, -0.2) is 33.2 Å². The molecule has 0 aliphatic heterocycles. The first-order valence-electron chi connectivity index (χ1n) is 7.27. The second kappa shape index (κ2) is 7.88. The third kappa shape index (κ3) is 5.22. The number of methoxy groups -OCH3 is 1. The zero-order valence-electron chi connectivity index (χ0n) is 14.0. The number of hydrogen-bond acceptors (Lipinski definition) is 6. The quantitative estimate of drug-likeness (QED) is 0.414. The molecule has 0 saturated carbocycles. The number of benzene rings is 2. The molecule has 0 aliphatic carbocycles. The SMILES string of the molecule is COc1ccc(S(=O)(=O)Nc2cc(F)ccc2OCC(F)(F)F)c([N+](=O)[O-])c1. The molecule has 2 rings (SSSR count). The Kier molecular flexibility index (Phi) is 5.97. The molecule has 0 bridgehead atoms. The normalized spacial score (nSPS) is 11.8. The van der Waals surface area contributed by atoms with Crippen molar-refractivity contribution in [3.05, 3.63) is 52.3 Å². The first kappa shape index (κ1) is 21.2. The minimum Gasteiger partial charge on any atom is -0.497 e. The summed E-state index contributed by atoms with van der Waals surface area (Å²) in [5.41, 5.74) is -1.50. The first-order valence-corrected chi connectivity index (χ1v) is 8.75. The van der Waals surface area contributed by atoms with Gasteiger partial charge in [-0.1, -0.05) is 0 Å². The lowest BCUT2D eigenvalue weighted by atomic mass is 10.3. The predicted molar refractivity (Wildman–Crippen MR) is 88.4 cm³/mol. The lowest BCUT2D eigenvalue weighted by Gasteiger charge is -2.15. The summed E-state index contributed by atoms with van der Waals surface area (Å²) in [5.74, 6) is -1.58. The van der Waals surface area contributed by atoms with Crippen LogP contribution in [0, 0.1) is 15.9 Å². The van der Waals surface area contributed by atoms with Crippen molar-refractivity contribution in [3.63, 3.8) is 0 Å². The van der Waals surface area contributed by atoms with Crippen molar-refractivity contribution >= 4 is 21.4 Å². The average molecular weight is 424 g/mol. The molecule has 0 atom stereocenters. The average Bonchev–Trinajstić information content (AvgIpc) is 2.59. The molecule has 1 N–H and O–H groups in total. The Balaban J connectivity index is 2.45. The highest BCUT2D eigenvalue weighted by atomic mass is 32.2. The van der Waals surface area contributed by atoms with E-state index in [9.17, 15) is 36.1 Å². The van der Waals surface area contributed by atoms with Gasteiger partial charge in [-0.05, 0) is 24.3 Å². The Bertz CT molecular complexity index is 995. The van der Waals surface area contributed by atoms with E-state index >= 15 is 0 Å².